The maximum absolute atomic E-state index is 12.7. The van der Waals surface area contributed by atoms with Gasteiger partial charge in [0.25, 0.3) is 5.91 Å². The van der Waals surface area contributed by atoms with Gasteiger partial charge >= 0.3 is 5.76 Å². The molecule has 1 amide bonds. The van der Waals surface area contributed by atoms with Gasteiger partial charge in [0.05, 0.1) is 5.69 Å². The number of rotatable bonds is 4. The number of nitrogens with zero attached hydrogens (tertiary/aromatic N) is 2. The molecule has 2 aromatic heterocycles. The third kappa shape index (κ3) is 3.73. The summed E-state index contributed by atoms with van der Waals surface area (Å²) in [6.07, 6.45) is 0. The van der Waals surface area contributed by atoms with Crippen LogP contribution < -0.4 is 11.1 Å². The molecule has 9 heteroatoms. The van der Waals surface area contributed by atoms with Crippen molar-refractivity contribution in [3.05, 3.63) is 74.7 Å². The van der Waals surface area contributed by atoms with E-state index in [2.05, 4.69) is 25.0 Å². The Kier molecular flexibility index (Phi) is 4.81. The van der Waals surface area contributed by atoms with Crippen LogP contribution >= 0.6 is 22.9 Å². The van der Waals surface area contributed by atoms with Gasteiger partial charge in [0.2, 0.25) is 0 Å². The van der Waals surface area contributed by atoms with Crippen molar-refractivity contribution in [1.82, 2.24) is 15.1 Å². The predicted molar refractivity (Wildman–Crippen MR) is 108 cm³/mol. The van der Waals surface area contributed by atoms with Gasteiger partial charge in [-0.05, 0) is 31.2 Å². The average Bonchev–Trinajstić information content (AvgIpc) is 3.28. The summed E-state index contributed by atoms with van der Waals surface area (Å²) in [6.45, 7) is 1.79. The highest BCUT2D eigenvalue weighted by molar-refractivity contribution is 7.17. The number of amides is 1. The molecule has 7 nitrogen and oxygen atoms in total. The van der Waals surface area contributed by atoms with Gasteiger partial charge in [-0.2, -0.15) is 0 Å². The Morgan fingerprint density at radius 1 is 1.18 bits per heavy atom. The summed E-state index contributed by atoms with van der Waals surface area (Å²) in [5, 5.41) is 7.83. The molecule has 2 N–H and O–H groups in total. The van der Waals surface area contributed by atoms with Crippen molar-refractivity contribution in [3.63, 3.8) is 0 Å². The minimum Gasteiger partial charge on any atom is -0.321 e. The zero-order chi connectivity index (χ0) is 19.7. The van der Waals surface area contributed by atoms with Gasteiger partial charge < -0.3 is 5.32 Å². The molecular weight excluding hydrogens is 400 g/mol. The number of halogens is 1. The number of thiazole rings is 1. The standard InChI is InChI=1S/C19H13ClN4O3S/c1-10-15(28-18(21-10)12-5-2-6-13(20)8-12)17(25)22-14-7-3-4-11(9-14)16-23-19(26)27-24-16/h2-9H,1H3,(H,22,25)(H,23,24,26). The molecule has 2 heterocycles. The van der Waals surface area contributed by atoms with E-state index >= 15 is 0 Å². The third-order valence-electron chi connectivity index (χ3n) is 3.91. The number of hydrogen-bond donors (Lipinski definition) is 2. The van der Waals surface area contributed by atoms with Crippen LogP contribution in [0.3, 0.4) is 0 Å². The van der Waals surface area contributed by atoms with Gasteiger partial charge in [0, 0.05) is 21.8 Å². The van der Waals surface area contributed by atoms with E-state index in [4.69, 9.17) is 11.6 Å². The van der Waals surface area contributed by atoms with Crippen LogP contribution in [-0.4, -0.2) is 21.0 Å². The highest BCUT2D eigenvalue weighted by Crippen LogP contribution is 2.30. The van der Waals surface area contributed by atoms with Gasteiger partial charge in [-0.1, -0.05) is 41.0 Å². The first-order valence-corrected chi connectivity index (χ1v) is 9.40. The van der Waals surface area contributed by atoms with E-state index in [0.29, 0.717) is 32.7 Å². The number of benzene rings is 2. The predicted octanol–water partition coefficient (Wildman–Crippen LogP) is 4.37. The molecule has 0 saturated carbocycles. The summed E-state index contributed by atoms with van der Waals surface area (Å²) in [5.74, 6) is -0.620. The largest absolute Gasteiger partial charge is 0.439 e. The number of H-pyrrole nitrogens is 1. The van der Waals surface area contributed by atoms with E-state index in [1.807, 2.05) is 18.2 Å². The van der Waals surface area contributed by atoms with Crippen LogP contribution in [0.25, 0.3) is 22.0 Å². The molecule has 0 unspecified atom stereocenters. The normalized spacial score (nSPS) is 10.8. The summed E-state index contributed by atoms with van der Waals surface area (Å²) < 4.78 is 4.51. The van der Waals surface area contributed by atoms with E-state index in [1.165, 1.54) is 11.3 Å². The number of aromatic amines is 1. The highest BCUT2D eigenvalue weighted by atomic mass is 35.5. The Balaban J connectivity index is 1.58. The van der Waals surface area contributed by atoms with Gasteiger partial charge in [-0.15, -0.1) is 11.3 Å². The van der Waals surface area contributed by atoms with Gasteiger partial charge in [0.15, 0.2) is 5.82 Å². The summed E-state index contributed by atoms with van der Waals surface area (Å²) in [7, 11) is 0. The first kappa shape index (κ1) is 18.1. The Labute approximate surface area is 168 Å². The Hall–Kier alpha value is -3.23. The molecule has 0 aliphatic carbocycles. The zero-order valence-electron chi connectivity index (χ0n) is 14.5. The first-order valence-electron chi connectivity index (χ1n) is 8.21. The number of nitrogens with one attached hydrogen (secondary N) is 2. The van der Waals surface area contributed by atoms with E-state index in [1.54, 1.807) is 37.3 Å². The monoisotopic (exact) mass is 412 g/mol. The molecule has 0 bridgehead atoms. The maximum Gasteiger partial charge on any atom is 0.439 e. The van der Waals surface area contributed by atoms with Gasteiger partial charge in [-0.3, -0.25) is 14.3 Å². The lowest BCUT2D eigenvalue weighted by Crippen LogP contribution is -2.11. The molecule has 2 aromatic carbocycles. The van der Waals surface area contributed by atoms with Crippen LogP contribution in [-0.2, 0) is 0 Å². The van der Waals surface area contributed by atoms with Crippen LogP contribution in [0, 0.1) is 6.92 Å². The second kappa shape index (κ2) is 7.41. The number of carbonyl (C=O) groups is 1. The summed E-state index contributed by atoms with van der Waals surface area (Å²) >= 11 is 7.34. The van der Waals surface area contributed by atoms with E-state index in [0.717, 1.165) is 10.6 Å². The fourth-order valence-electron chi connectivity index (χ4n) is 2.64. The second-order valence-corrected chi connectivity index (χ2v) is 7.36. The number of hydrogen-bond acceptors (Lipinski definition) is 6. The fraction of sp³-hybridized carbons (Fsp3) is 0.0526. The van der Waals surface area contributed by atoms with Gasteiger partial charge in [-0.25, -0.2) is 9.78 Å². The SMILES string of the molecule is Cc1nc(-c2cccc(Cl)c2)sc1C(=O)Nc1cccc(-c2noc(=O)[nH]2)c1. The highest BCUT2D eigenvalue weighted by Gasteiger charge is 2.17. The summed E-state index contributed by atoms with van der Waals surface area (Å²) in [5.41, 5.74) is 2.67. The van der Waals surface area contributed by atoms with Crippen molar-refractivity contribution in [2.24, 2.45) is 0 Å². The molecule has 0 saturated heterocycles. The Morgan fingerprint density at radius 3 is 2.71 bits per heavy atom. The topological polar surface area (TPSA) is 101 Å². The Morgan fingerprint density at radius 2 is 1.96 bits per heavy atom. The smallest absolute Gasteiger partial charge is 0.321 e. The Bertz CT molecular complexity index is 1230. The molecule has 140 valence electrons. The number of aromatic nitrogens is 3. The van der Waals surface area contributed by atoms with Crippen molar-refractivity contribution in [2.75, 3.05) is 5.32 Å². The summed E-state index contributed by atoms with van der Waals surface area (Å²) in [6, 6.07) is 14.3. The molecule has 0 spiro atoms. The minimum atomic E-state index is -0.640. The van der Waals surface area contributed by atoms with Crippen molar-refractivity contribution >= 4 is 34.5 Å². The molecule has 4 rings (SSSR count). The van der Waals surface area contributed by atoms with Crippen molar-refractivity contribution in [3.8, 4) is 22.0 Å². The van der Waals surface area contributed by atoms with Crippen molar-refractivity contribution in [1.29, 1.82) is 0 Å². The fourth-order valence-corrected chi connectivity index (χ4v) is 3.79. The molecular formula is C19H13ClN4O3S. The number of aryl methyl sites for hydroxylation is 1. The zero-order valence-corrected chi connectivity index (χ0v) is 16.1. The second-order valence-electron chi connectivity index (χ2n) is 5.92. The maximum atomic E-state index is 12.7. The third-order valence-corrected chi connectivity index (χ3v) is 5.35. The lowest BCUT2D eigenvalue weighted by atomic mass is 10.2. The number of anilines is 1. The molecule has 4 aromatic rings. The molecule has 0 aliphatic rings. The lowest BCUT2D eigenvalue weighted by Gasteiger charge is -2.05. The molecule has 0 aliphatic heterocycles. The van der Waals surface area contributed by atoms with Crippen LogP contribution in [0.4, 0.5) is 5.69 Å². The molecule has 0 atom stereocenters. The van der Waals surface area contributed by atoms with E-state index < -0.39 is 5.76 Å². The van der Waals surface area contributed by atoms with Crippen molar-refractivity contribution < 1.29 is 9.32 Å². The van der Waals surface area contributed by atoms with E-state index in [9.17, 15) is 9.59 Å². The molecule has 0 radical (unpaired) electrons. The van der Waals surface area contributed by atoms with E-state index in [-0.39, 0.29) is 5.91 Å². The molecule has 28 heavy (non-hydrogen) atoms. The lowest BCUT2D eigenvalue weighted by molar-refractivity contribution is 0.103. The minimum absolute atomic E-state index is 0.269. The van der Waals surface area contributed by atoms with Crippen LogP contribution in [0.5, 0.6) is 0 Å². The van der Waals surface area contributed by atoms with Crippen LogP contribution in [0.1, 0.15) is 15.4 Å². The quantitative estimate of drug-likeness (QED) is 0.518. The van der Waals surface area contributed by atoms with Crippen LogP contribution in [0.15, 0.2) is 57.8 Å². The average molecular weight is 413 g/mol. The first-order chi connectivity index (χ1) is 13.5. The molecule has 0 fully saturated rings. The van der Waals surface area contributed by atoms with Crippen molar-refractivity contribution in [2.45, 2.75) is 6.92 Å². The van der Waals surface area contributed by atoms with Gasteiger partial charge in [0.1, 0.15) is 9.88 Å². The summed E-state index contributed by atoms with van der Waals surface area (Å²) in [4.78, 5) is 31.3. The number of carbonyl (C=O) groups excluding carboxylic acids is 1. The van der Waals surface area contributed by atoms with Crippen LogP contribution in [0.2, 0.25) is 5.02 Å².